The standard InChI is InChI=1S/C23H25N3O2S2/c1-16-14-24-23(30-16)26-22(27)13-17-11-20(28-19-7-5-6-8-19)12-18(25-17)15-29-21-9-3-2-4-10-21/h2-4,9-12,14,19H,5-8,13,15H2,1H3,(H,24,26,27). The normalized spacial score (nSPS) is 14.0. The van der Waals surface area contributed by atoms with Gasteiger partial charge in [0.2, 0.25) is 5.91 Å². The first-order valence-electron chi connectivity index (χ1n) is 10.2. The van der Waals surface area contributed by atoms with E-state index >= 15 is 0 Å². The predicted octanol–water partition coefficient (Wildman–Crippen LogP) is 5.64. The van der Waals surface area contributed by atoms with Crippen molar-refractivity contribution in [2.45, 2.75) is 55.8 Å². The lowest BCUT2D eigenvalue weighted by atomic mass is 10.2. The number of benzene rings is 1. The molecule has 0 spiro atoms. The molecule has 4 rings (SSSR count). The van der Waals surface area contributed by atoms with E-state index < -0.39 is 0 Å². The number of nitrogens with zero attached hydrogens (tertiary/aromatic N) is 2. The van der Waals surface area contributed by atoms with E-state index in [0.717, 1.165) is 40.6 Å². The van der Waals surface area contributed by atoms with Crippen molar-refractivity contribution in [1.82, 2.24) is 9.97 Å². The van der Waals surface area contributed by atoms with E-state index in [9.17, 15) is 4.79 Å². The Labute approximate surface area is 185 Å². The van der Waals surface area contributed by atoms with Gasteiger partial charge in [-0.3, -0.25) is 9.78 Å². The van der Waals surface area contributed by atoms with Crippen molar-refractivity contribution in [2.75, 3.05) is 5.32 Å². The second kappa shape index (κ2) is 10.1. The quantitative estimate of drug-likeness (QED) is 0.460. The van der Waals surface area contributed by atoms with E-state index in [-0.39, 0.29) is 18.4 Å². The Hall–Kier alpha value is -2.38. The van der Waals surface area contributed by atoms with Gasteiger partial charge in [0.1, 0.15) is 5.75 Å². The largest absolute Gasteiger partial charge is 0.490 e. The van der Waals surface area contributed by atoms with E-state index in [1.54, 1.807) is 18.0 Å². The number of thioether (sulfide) groups is 1. The summed E-state index contributed by atoms with van der Waals surface area (Å²) < 4.78 is 6.22. The minimum atomic E-state index is -0.114. The zero-order valence-electron chi connectivity index (χ0n) is 17.0. The number of aromatic nitrogens is 2. The number of hydrogen-bond donors (Lipinski definition) is 1. The van der Waals surface area contributed by atoms with Crippen molar-refractivity contribution in [3.8, 4) is 5.75 Å². The van der Waals surface area contributed by atoms with Gasteiger partial charge in [-0.15, -0.1) is 23.1 Å². The van der Waals surface area contributed by atoms with Gasteiger partial charge in [-0.05, 0) is 44.7 Å². The Kier molecular flexibility index (Phi) is 7.02. The smallest absolute Gasteiger partial charge is 0.232 e. The molecule has 0 saturated heterocycles. The van der Waals surface area contributed by atoms with Gasteiger partial charge in [0.25, 0.3) is 0 Å². The van der Waals surface area contributed by atoms with Crippen LogP contribution >= 0.6 is 23.1 Å². The second-order valence-corrected chi connectivity index (χ2v) is 9.70. The van der Waals surface area contributed by atoms with Gasteiger partial charge < -0.3 is 10.1 Å². The lowest BCUT2D eigenvalue weighted by molar-refractivity contribution is -0.115. The van der Waals surface area contributed by atoms with Crippen LogP contribution in [0.4, 0.5) is 5.13 Å². The third-order valence-electron chi connectivity index (χ3n) is 4.85. The molecule has 7 heteroatoms. The molecule has 2 heterocycles. The van der Waals surface area contributed by atoms with Gasteiger partial charge in [0.05, 0.1) is 23.9 Å². The number of ether oxygens (including phenoxy) is 1. The van der Waals surface area contributed by atoms with Crippen molar-refractivity contribution in [3.63, 3.8) is 0 Å². The number of nitrogens with one attached hydrogen (secondary N) is 1. The number of rotatable bonds is 8. The van der Waals surface area contributed by atoms with Crippen molar-refractivity contribution in [3.05, 3.63) is 64.9 Å². The highest BCUT2D eigenvalue weighted by Crippen LogP contribution is 2.28. The Bertz CT molecular complexity index is 985. The average molecular weight is 440 g/mol. The van der Waals surface area contributed by atoms with Crippen LogP contribution in [-0.2, 0) is 17.0 Å². The highest BCUT2D eigenvalue weighted by Gasteiger charge is 2.18. The highest BCUT2D eigenvalue weighted by molar-refractivity contribution is 7.98. The molecule has 1 fully saturated rings. The minimum Gasteiger partial charge on any atom is -0.490 e. The summed E-state index contributed by atoms with van der Waals surface area (Å²) in [6, 6.07) is 14.2. The Morgan fingerprint density at radius 3 is 2.70 bits per heavy atom. The number of anilines is 1. The van der Waals surface area contributed by atoms with Gasteiger partial charge in [0, 0.05) is 33.9 Å². The van der Waals surface area contributed by atoms with Gasteiger partial charge >= 0.3 is 0 Å². The van der Waals surface area contributed by atoms with Crippen LogP contribution in [0.15, 0.2) is 53.6 Å². The summed E-state index contributed by atoms with van der Waals surface area (Å²) in [6.07, 6.45) is 6.84. The molecule has 3 aromatic rings. The van der Waals surface area contributed by atoms with Crippen molar-refractivity contribution in [2.24, 2.45) is 0 Å². The molecule has 2 aromatic heterocycles. The number of amides is 1. The zero-order chi connectivity index (χ0) is 20.8. The van der Waals surface area contributed by atoms with Crippen LogP contribution in [0.5, 0.6) is 5.75 Å². The number of hydrogen-bond acceptors (Lipinski definition) is 6. The maximum absolute atomic E-state index is 12.5. The van der Waals surface area contributed by atoms with E-state index in [1.807, 2.05) is 37.3 Å². The number of aryl methyl sites for hydroxylation is 1. The Morgan fingerprint density at radius 2 is 1.97 bits per heavy atom. The summed E-state index contributed by atoms with van der Waals surface area (Å²) in [5.74, 6) is 1.43. The molecule has 5 nitrogen and oxygen atoms in total. The van der Waals surface area contributed by atoms with Gasteiger partial charge in [-0.1, -0.05) is 18.2 Å². The molecular weight excluding hydrogens is 414 g/mol. The maximum atomic E-state index is 12.5. The van der Waals surface area contributed by atoms with Crippen LogP contribution in [0.3, 0.4) is 0 Å². The van der Waals surface area contributed by atoms with Crippen LogP contribution in [-0.4, -0.2) is 22.0 Å². The molecule has 1 aliphatic carbocycles. The molecule has 156 valence electrons. The molecule has 1 amide bonds. The lowest BCUT2D eigenvalue weighted by Crippen LogP contribution is -2.16. The number of carbonyl (C=O) groups is 1. The van der Waals surface area contributed by atoms with Gasteiger partial charge in [-0.2, -0.15) is 0 Å². The van der Waals surface area contributed by atoms with E-state index in [1.165, 1.54) is 29.1 Å². The highest BCUT2D eigenvalue weighted by atomic mass is 32.2. The fraction of sp³-hybridized carbons (Fsp3) is 0.348. The Morgan fingerprint density at radius 1 is 1.20 bits per heavy atom. The Balaban J connectivity index is 1.47. The summed E-state index contributed by atoms with van der Waals surface area (Å²) in [4.78, 5) is 23.7. The molecule has 1 aliphatic rings. The number of carbonyl (C=O) groups excluding carboxylic acids is 1. The van der Waals surface area contributed by atoms with Crippen LogP contribution < -0.4 is 10.1 Å². The van der Waals surface area contributed by atoms with Crippen LogP contribution in [0.1, 0.15) is 41.9 Å². The van der Waals surface area contributed by atoms with Crippen molar-refractivity contribution >= 4 is 34.1 Å². The summed E-state index contributed by atoms with van der Waals surface area (Å²) in [5, 5.41) is 3.48. The first-order valence-corrected chi connectivity index (χ1v) is 12.0. The average Bonchev–Trinajstić information content (AvgIpc) is 3.38. The van der Waals surface area contributed by atoms with Crippen molar-refractivity contribution < 1.29 is 9.53 Å². The molecule has 0 unspecified atom stereocenters. The van der Waals surface area contributed by atoms with Gasteiger partial charge in [-0.25, -0.2) is 4.98 Å². The third-order valence-corrected chi connectivity index (χ3v) is 6.72. The number of pyridine rings is 1. The first-order chi connectivity index (χ1) is 14.6. The van der Waals surface area contributed by atoms with Gasteiger partial charge in [0.15, 0.2) is 5.13 Å². The monoisotopic (exact) mass is 439 g/mol. The van der Waals surface area contributed by atoms with E-state index in [2.05, 4.69) is 22.4 Å². The van der Waals surface area contributed by atoms with E-state index in [4.69, 9.17) is 9.72 Å². The molecule has 0 radical (unpaired) electrons. The first kappa shape index (κ1) is 20.9. The fourth-order valence-electron chi connectivity index (χ4n) is 3.46. The summed E-state index contributed by atoms with van der Waals surface area (Å²) in [7, 11) is 0. The molecule has 1 aromatic carbocycles. The summed E-state index contributed by atoms with van der Waals surface area (Å²) in [6.45, 7) is 1.97. The van der Waals surface area contributed by atoms with Crippen LogP contribution in [0.2, 0.25) is 0 Å². The molecule has 0 atom stereocenters. The predicted molar refractivity (Wildman–Crippen MR) is 122 cm³/mol. The van der Waals surface area contributed by atoms with Crippen LogP contribution in [0.25, 0.3) is 0 Å². The molecule has 1 saturated carbocycles. The minimum absolute atomic E-state index is 0.114. The molecular formula is C23H25N3O2S2. The molecule has 0 aliphatic heterocycles. The number of thiazole rings is 1. The molecule has 0 bridgehead atoms. The summed E-state index contributed by atoms with van der Waals surface area (Å²) in [5.41, 5.74) is 1.65. The molecule has 30 heavy (non-hydrogen) atoms. The third kappa shape index (κ3) is 6.06. The summed E-state index contributed by atoms with van der Waals surface area (Å²) >= 11 is 3.20. The SMILES string of the molecule is Cc1cnc(NC(=O)Cc2cc(OC3CCCC3)cc(CSc3ccccc3)n2)s1. The lowest BCUT2D eigenvalue weighted by Gasteiger charge is -2.15. The van der Waals surface area contributed by atoms with E-state index in [0.29, 0.717) is 5.13 Å². The second-order valence-electron chi connectivity index (χ2n) is 7.41. The fourth-order valence-corrected chi connectivity index (χ4v) is 4.96. The topological polar surface area (TPSA) is 64.1 Å². The molecule has 1 N–H and O–H groups in total. The van der Waals surface area contributed by atoms with Crippen molar-refractivity contribution in [1.29, 1.82) is 0 Å². The maximum Gasteiger partial charge on any atom is 0.232 e. The zero-order valence-corrected chi connectivity index (χ0v) is 18.6. The van der Waals surface area contributed by atoms with Crippen LogP contribution in [0, 0.1) is 6.92 Å².